The van der Waals surface area contributed by atoms with Crippen LogP contribution in [-0.4, -0.2) is 54.2 Å². The molecule has 0 aliphatic carbocycles. The van der Waals surface area contributed by atoms with Gasteiger partial charge in [0.05, 0.1) is 5.69 Å². The summed E-state index contributed by atoms with van der Waals surface area (Å²) in [5.74, 6) is 0.777. The first kappa shape index (κ1) is 18.1. The van der Waals surface area contributed by atoms with Crippen LogP contribution in [0.5, 0.6) is 0 Å². The predicted molar refractivity (Wildman–Crippen MR) is 112 cm³/mol. The van der Waals surface area contributed by atoms with E-state index in [-0.39, 0.29) is 5.91 Å². The average molecular weight is 373 g/mol. The largest absolute Gasteiger partial charge is 0.353 e. The van der Waals surface area contributed by atoms with E-state index in [0.717, 1.165) is 48.9 Å². The zero-order valence-corrected chi connectivity index (χ0v) is 15.9. The maximum absolute atomic E-state index is 12.4. The van der Waals surface area contributed by atoms with Crippen molar-refractivity contribution in [3.8, 4) is 11.3 Å². The quantitative estimate of drug-likeness (QED) is 0.761. The fourth-order valence-corrected chi connectivity index (χ4v) is 3.23. The van der Waals surface area contributed by atoms with Gasteiger partial charge in [0.1, 0.15) is 0 Å². The van der Waals surface area contributed by atoms with E-state index in [1.807, 2.05) is 54.6 Å². The number of rotatable bonds is 4. The minimum atomic E-state index is -0.130. The van der Waals surface area contributed by atoms with Gasteiger partial charge in [0, 0.05) is 43.0 Å². The minimum Gasteiger partial charge on any atom is -0.353 e. The molecule has 1 aromatic heterocycles. The van der Waals surface area contributed by atoms with Gasteiger partial charge >= 0.3 is 0 Å². The van der Waals surface area contributed by atoms with Crippen molar-refractivity contribution in [1.82, 2.24) is 15.1 Å². The molecule has 1 N–H and O–H groups in total. The summed E-state index contributed by atoms with van der Waals surface area (Å²) in [4.78, 5) is 16.9. The number of anilines is 2. The van der Waals surface area contributed by atoms with Crippen LogP contribution in [0.4, 0.5) is 11.5 Å². The highest BCUT2D eigenvalue weighted by molar-refractivity contribution is 6.04. The molecule has 1 aliphatic heterocycles. The summed E-state index contributed by atoms with van der Waals surface area (Å²) in [5.41, 5.74) is 3.07. The Kier molecular flexibility index (Phi) is 5.30. The zero-order chi connectivity index (χ0) is 19.3. The van der Waals surface area contributed by atoms with Crippen molar-refractivity contribution in [2.45, 2.75) is 0 Å². The average Bonchev–Trinajstić information content (AvgIpc) is 2.75. The van der Waals surface area contributed by atoms with Gasteiger partial charge in [-0.2, -0.15) is 0 Å². The molecule has 28 heavy (non-hydrogen) atoms. The SMILES string of the molecule is CN1CCN(c2ccc(-c3cccc(NC(=O)c4ccccc4)c3)nn2)CC1. The summed E-state index contributed by atoms with van der Waals surface area (Å²) < 4.78 is 0. The third-order valence-electron chi connectivity index (χ3n) is 4.93. The highest BCUT2D eigenvalue weighted by atomic mass is 16.1. The maximum Gasteiger partial charge on any atom is 0.255 e. The first-order valence-corrected chi connectivity index (χ1v) is 9.43. The minimum absolute atomic E-state index is 0.130. The van der Waals surface area contributed by atoms with Gasteiger partial charge in [0.25, 0.3) is 5.91 Å². The van der Waals surface area contributed by atoms with E-state index in [9.17, 15) is 4.79 Å². The molecule has 1 aliphatic rings. The molecule has 0 saturated carbocycles. The van der Waals surface area contributed by atoms with Gasteiger partial charge in [-0.3, -0.25) is 4.79 Å². The number of likely N-dealkylation sites (N-methyl/N-ethyl adjacent to an activating group) is 1. The van der Waals surface area contributed by atoms with E-state index < -0.39 is 0 Å². The Hall–Kier alpha value is -3.25. The molecule has 0 bridgehead atoms. The molecule has 0 spiro atoms. The van der Waals surface area contributed by atoms with Crippen molar-refractivity contribution in [3.63, 3.8) is 0 Å². The number of amides is 1. The molecule has 142 valence electrons. The Morgan fingerprint density at radius 3 is 2.39 bits per heavy atom. The number of carbonyl (C=O) groups excluding carboxylic acids is 1. The van der Waals surface area contributed by atoms with Gasteiger partial charge in [-0.05, 0) is 43.4 Å². The lowest BCUT2D eigenvalue weighted by molar-refractivity contribution is 0.102. The maximum atomic E-state index is 12.4. The standard InChI is InChI=1S/C22H23N5O/c1-26-12-14-27(15-13-26)21-11-10-20(24-25-21)18-8-5-9-19(16-18)23-22(28)17-6-3-2-4-7-17/h2-11,16H,12-15H2,1H3,(H,23,28). The predicted octanol–water partition coefficient (Wildman–Crippen LogP) is 3.15. The smallest absolute Gasteiger partial charge is 0.255 e. The molecular formula is C22H23N5O. The van der Waals surface area contributed by atoms with Gasteiger partial charge in [-0.15, -0.1) is 10.2 Å². The van der Waals surface area contributed by atoms with Crippen LogP contribution in [-0.2, 0) is 0 Å². The molecular weight excluding hydrogens is 350 g/mol. The number of nitrogens with one attached hydrogen (secondary N) is 1. The van der Waals surface area contributed by atoms with Crippen LogP contribution in [0.25, 0.3) is 11.3 Å². The second-order valence-electron chi connectivity index (χ2n) is 6.97. The molecule has 3 aromatic rings. The number of benzene rings is 2. The topological polar surface area (TPSA) is 61.4 Å². The molecule has 2 aromatic carbocycles. The first-order chi connectivity index (χ1) is 13.7. The van der Waals surface area contributed by atoms with Crippen molar-refractivity contribution in [2.24, 2.45) is 0 Å². The van der Waals surface area contributed by atoms with Crippen LogP contribution in [0.1, 0.15) is 10.4 Å². The molecule has 0 unspecified atom stereocenters. The Labute approximate surface area is 164 Å². The van der Waals surface area contributed by atoms with Crippen LogP contribution >= 0.6 is 0 Å². The lowest BCUT2D eigenvalue weighted by Gasteiger charge is -2.32. The third kappa shape index (κ3) is 4.18. The van der Waals surface area contributed by atoms with Gasteiger partial charge in [0.15, 0.2) is 5.82 Å². The van der Waals surface area contributed by atoms with Crippen molar-refractivity contribution in [1.29, 1.82) is 0 Å². The van der Waals surface area contributed by atoms with Gasteiger partial charge in [-0.25, -0.2) is 0 Å². The third-order valence-corrected chi connectivity index (χ3v) is 4.93. The molecule has 1 saturated heterocycles. The fraction of sp³-hybridized carbons (Fsp3) is 0.227. The summed E-state index contributed by atoms with van der Waals surface area (Å²) in [6, 6.07) is 20.8. The number of hydrogen-bond acceptors (Lipinski definition) is 5. The van der Waals surface area contributed by atoms with E-state index in [4.69, 9.17) is 0 Å². The monoisotopic (exact) mass is 373 g/mol. The van der Waals surface area contributed by atoms with Crippen molar-refractivity contribution >= 4 is 17.4 Å². The van der Waals surface area contributed by atoms with Gasteiger partial charge < -0.3 is 15.1 Å². The van der Waals surface area contributed by atoms with Gasteiger partial charge in [0.2, 0.25) is 0 Å². The molecule has 2 heterocycles. The summed E-state index contributed by atoms with van der Waals surface area (Å²) >= 11 is 0. The second-order valence-corrected chi connectivity index (χ2v) is 6.97. The summed E-state index contributed by atoms with van der Waals surface area (Å²) in [6.45, 7) is 4.00. The fourth-order valence-electron chi connectivity index (χ4n) is 3.23. The Morgan fingerprint density at radius 2 is 1.68 bits per heavy atom. The van der Waals surface area contributed by atoms with Gasteiger partial charge in [-0.1, -0.05) is 30.3 Å². The number of nitrogens with zero attached hydrogens (tertiary/aromatic N) is 4. The lowest BCUT2D eigenvalue weighted by Crippen LogP contribution is -2.44. The molecule has 0 atom stereocenters. The van der Waals surface area contributed by atoms with E-state index in [1.54, 1.807) is 12.1 Å². The van der Waals surface area contributed by atoms with E-state index >= 15 is 0 Å². The molecule has 4 rings (SSSR count). The summed E-state index contributed by atoms with van der Waals surface area (Å²) in [5, 5.41) is 11.8. The molecule has 6 nitrogen and oxygen atoms in total. The molecule has 6 heteroatoms. The Bertz CT molecular complexity index is 935. The summed E-state index contributed by atoms with van der Waals surface area (Å²) in [6.07, 6.45) is 0. The first-order valence-electron chi connectivity index (χ1n) is 9.43. The number of carbonyl (C=O) groups is 1. The van der Waals surface area contributed by atoms with Crippen LogP contribution < -0.4 is 10.2 Å². The van der Waals surface area contributed by atoms with Crippen molar-refractivity contribution in [3.05, 3.63) is 72.3 Å². The van der Waals surface area contributed by atoms with E-state index in [2.05, 4.69) is 32.4 Å². The number of hydrogen-bond donors (Lipinski definition) is 1. The van der Waals surface area contributed by atoms with Crippen LogP contribution in [0.3, 0.4) is 0 Å². The Balaban J connectivity index is 1.47. The highest BCUT2D eigenvalue weighted by Crippen LogP contribution is 2.22. The summed E-state index contributed by atoms with van der Waals surface area (Å²) in [7, 11) is 2.13. The second kappa shape index (κ2) is 8.19. The van der Waals surface area contributed by atoms with E-state index in [0.29, 0.717) is 5.56 Å². The molecule has 0 radical (unpaired) electrons. The highest BCUT2D eigenvalue weighted by Gasteiger charge is 2.15. The Morgan fingerprint density at radius 1 is 0.893 bits per heavy atom. The molecule has 1 amide bonds. The number of piperazine rings is 1. The number of aromatic nitrogens is 2. The molecule has 1 fully saturated rings. The van der Waals surface area contributed by atoms with Crippen LogP contribution in [0.15, 0.2) is 66.7 Å². The van der Waals surface area contributed by atoms with E-state index in [1.165, 1.54) is 0 Å². The van der Waals surface area contributed by atoms with Crippen molar-refractivity contribution < 1.29 is 4.79 Å². The van der Waals surface area contributed by atoms with Crippen LogP contribution in [0, 0.1) is 0 Å². The van der Waals surface area contributed by atoms with Crippen molar-refractivity contribution in [2.75, 3.05) is 43.4 Å². The normalized spacial score (nSPS) is 14.7. The lowest BCUT2D eigenvalue weighted by atomic mass is 10.1. The van der Waals surface area contributed by atoms with Crippen LogP contribution in [0.2, 0.25) is 0 Å². The zero-order valence-electron chi connectivity index (χ0n) is 15.9.